The lowest BCUT2D eigenvalue weighted by atomic mass is 10.1. The van der Waals surface area contributed by atoms with E-state index in [1.165, 1.54) is 72.1 Å². The number of nitrogens with zero attached hydrogens (tertiary/aromatic N) is 24. The zero-order valence-electron chi connectivity index (χ0n) is 63.1. The number of rotatable bonds is 17. The number of hydrogen-bond acceptors (Lipinski definition) is 30. The van der Waals surface area contributed by atoms with E-state index < -0.39 is 31.2 Å². The summed E-state index contributed by atoms with van der Waals surface area (Å²) >= 11 is 19.8. The lowest BCUT2D eigenvalue weighted by molar-refractivity contribution is -0.153. The second-order valence-corrected chi connectivity index (χ2v) is 31.2. The van der Waals surface area contributed by atoms with Crippen molar-refractivity contribution < 1.29 is 62.3 Å². The van der Waals surface area contributed by atoms with Gasteiger partial charge in [0.25, 0.3) is 6.43 Å². The molecule has 0 aliphatic heterocycles. The Morgan fingerprint density at radius 2 is 0.856 bits per heavy atom. The molecule has 0 amide bonds. The number of thiazole rings is 3. The van der Waals surface area contributed by atoms with Crippen molar-refractivity contribution in [3.63, 3.8) is 0 Å². The minimum Gasteiger partial charge on any atom is -0.478 e. The molecule has 0 atom stereocenters. The van der Waals surface area contributed by atoms with E-state index in [-0.39, 0.29) is 65.8 Å². The summed E-state index contributed by atoms with van der Waals surface area (Å²) in [5, 5.41) is 66.1. The highest BCUT2D eigenvalue weighted by molar-refractivity contribution is 9.11. The van der Waals surface area contributed by atoms with Crippen LogP contribution < -0.4 is 5.73 Å². The Morgan fingerprint density at radius 1 is 0.500 bits per heavy atom. The Balaban J connectivity index is 0.000000159. The molecule has 118 heavy (non-hydrogen) atoms. The van der Waals surface area contributed by atoms with Crippen LogP contribution in [0.25, 0.3) is 59.9 Å². The van der Waals surface area contributed by atoms with Crippen LogP contribution in [0, 0.1) is 0 Å². The molecule has 0 bridgehead atoms. The molecule has 0 spiro atoms. The van der Waals surface area contributed by atoms with Gasteiger partial charge in [0.1, 0.15) is 56.6 Å². The van der Waals surface area contributed by atoms with Gasteiger partial charge in [-0.3, -0.25) is 33.2 Å². The lowest BCUT2D eigenvalue weighted by Crippen LogP contribution is -2.24. The molecule has 0 aromatic carbocycles. The number of ether oxygens (including phenoxy) is 2. The standard InChI is InChI=1S/C16H11BrF2N6OS.C12H14BrN3O2.2C11H13N3O2S.C8H6BrN3O2.C7H4BrN3O2.C6H5BrN4.ClH/c1-24-13(9(6-20-24)15-21-10(7-27-15)14(18)19)11(26)4-8-2-3-25-12(5-8)22-16(17)23-25;1-12(2,3)18-10(17)7-8-4-5-16-9(6-8)14-11(13)15-16;2*1-3-7-6-17-11(13-7)8-4-12-14(2)10(8)9(16)5-15;1-14-7(13)5-2-3-12-6(4-5)10-8(9)11-12;8-7-9-5-3-4(6(12)13)1-2-11(5)10-7;7-6-9-5-3-4(8)1-2-11(5)10-6;/h2-3,5-7,14H,4H2,1H3;4-6H,7H2,1-3H3;2*4,6,15H,3,5H2,1-2H3;2-4H,1H3;1-3H,(H,12,13);1-3H,8H2;1H. The van der Waals surface area contributed by atoms with Crippen molar-refractivity contribution in [2.24, 2.45) is 21.1 Å². The Labute approximate surface area is 726 Å². The molecule has 16 aromatic heterocycles. The first-order chi connectivity index (χ1) is 55.7. The minimum atomic E-state index is -2.65. The van der Waals surface area contributed by atoms with Crippen LogP contribution in [0.1, 0.15) is 121 Å². The van der Waals surface area contributed by atoms with E-state index in [2.05, 4.69) is 165 Å². The van der Waals surface area contributed by atoms with E-state index in [1.54, 1.807) is 119 Å². The number of fused-ring (bicyclic) bond motifs is 5. The molecule has 36 nitrogen and oxygen atoms in total. The summed E-state index contributed by atoms with van der Waals surface area (Å²) in [6, 6.07) is 16.9. The van der Waals surface area contributed by atoms with Crippen molar-refractivity contribution in [1.82, 2.24) is 117 Å². The first kappa shape index (κ1) is 91.2. The van der Waals surface area contributed by atoms with Gasteiger partial charge in [-0.2, -0.15) is 15.3 Å². The van der Waals surface area contributed by atoms with E-state index in [4.69, 9.17) is 25.8 Å². The van der Waals surface area contributed by atoms with Gasteiger partial charge in [-0.15, -0.1) is 71.9 Å². The zero-order chi connectivity index (χ0) is 84.7. The molecule has 0 aliphatic carbocycles. The number of carbonyl (C=O) groups excluding carboxylic acids is 5. The number of alkyl halides is 2. The topological polar surface area (TPSA) is 451 Å². The van der Waals surface area contributed by atoms with E-state index in [0.29, 0.717) is 96.3 Å². The van der Waals surface area contributed by atoms with Crippen molar-refractivity contribution in [2.75, 3.05) is 26.1 Å². The van der Waals surface area contributed by atoms with Gasteiger partial charge in [-0.25, -0.2) is 80.8 Å². The third-order valence-corrected chi connectivity index (χ3v) is 20.1. The summed E-state index contributed by atoms with van der Waals surface area (Å²) in [6.45, 7) is 8.58. The van der Waals surface area contributed by atoms with Gasteiger partial charge in [0, 0.05) is 86.4 Å². The van der Waals surface area contributed by atoms with Crippen LogP contribution >= 0.6 is 126 Å². The van der Waals surface area contributed by atoms with Crippen molar-refractivity contribution in [1.29, 1.82) is 0 Å². The molecular weight excluding hydrogens is 1950 g/mol. The predicted octanol–water partition coefficient (Wildman–Crippen LogP) is 12.6. The van der Waals surface area contributed by atoms with Gasteiger partial charge in [-0.05, 0) is 179 Å². The van der Waals surface area contributed by atoms with Crippen molar-refractivity contribution >= 4 is 195 Å². The summed E-state index contributed by atoms with van der Waals surface area (Å²) in [5.74, 6) is -2.47. The monoisotopic (exact) mass is 2010 g/mol. The maximum absolute atomic E-state index is 12.9. The number of nitrogens with two attached hydrogens (primary N) is 1. The molecule has 16 heterocycles. The lowest BCUT2D eigenvalue weighted by Gasteiger charge is -2.19. The van der Waals surface area contributed by atoms with Gasteiger partial charge in [0.2, 0.25) is 35.2 Å². The smallest absolute Gasteiger partial charge is 0.338 e. The molecular formula is C71H67Br5ClF2N25O11S3. The normalized spacial score (nSPS) is 10.9. The summed E-state index contributed by atoms with van der Waals surface area (Å²) in [5.41, 5.74) is 15.9. The number of esters is 2. The second kappa shape index (κ2) is 41.1. The highest BCUT2D eigenvalue weighted by atomic mass is 79.9. The highest BCUT2D eigenvalue weighted by Crippen LogP contribution is 2.33. The quantitative estimate of drug-likeness (QED) is 0.0486. The van der Waals surface area contributed by atoms with Crippen molar-refractivity contribution in [3.8, 4) is 31.7 Å². The maximum Gasteiger partial charge on any atom is 0.338 e. The SMILES string of the molecule is CC(C)(C)OC(=O)Cc1ccn2nc(Br)nc2c1.CCc1csc(-c2cnn(C)c2C(=O)CO)n1.CCc1csc(-c2cnn(C)c2C(=O)CO)n1.COC(=O)c1ccn2nc(Br)nc2c1.Cl.Cn1ncc(-c2nc(C(F)F)cs2)c1C(=O)Cc1ccn2nc(Br)nc2c1.Nc1ccn2nc(Br)nc2c1.O=C(O)c1ccn2nc(Br)nc2c1. The highest BCUT2D eigenvalue weighted by Gasteiger charge is 2.25. The Morgan fingerprint density at radius 3 is 1.23 bits per heavy atom. The van der Waals surface area contributed by atoms with Crippen LogP contribution in [0.4, 0.5) is 14.5 Å². The number of nitrogen functional groups attached to an aromatic ring is 1. The van der Waals surface area contributed by atoms with Gasteiger partial charge in [0.05, 0.1) is 71.3 Å². The molecule has 47 heteroatoms. The Bertz CT molecular complexity index is 6170. The average molecular weight is 2020 g/mol. The van der Waals surface area contributed by atoms with E-state index >= 15 is 0 Å². The fourth-order valence-corrected chi connectivity index (χ4v) is 14.8. The number of carboxylic acids is 1. The summed E-state index contributed by atoms with van der Waals surface area (Å²) in [6.07, 6.45) is 12.6. The largest absolute Gasteiger partial charge is 0.478 e. The number of Topliss-reactive ketones (excluding diaryl/α,β-unsaturated/α-hetero) is 3. The number of aliphatic hydroxyl groups excluding tert-OH is 2. The number of aromatic carboxylic acids is 1. The molecule has 616 valence electrons. The maximum atomic E-state index is 12.9. The third-order valence-electron chi connectivity index (χ3n) is 15.7. The van der Waals surface area contributed by atoms with Crippen molar-refractivity contribution in [3.05, 3.63) is 206 Å². The first-order valence-electron chi connectivity index (χ1n) is 34.1. The molecule has 0 unspecified atom stereocenters. The van der Waals surface area contributed by atoms with Crippen molar-refractivity contribution in [2.45, 2.75) is 72.3 Å². The summed E-state index contributed by atoms with van der Waals surface area (Å²) in [7, 11) is 6.34. The van der Waals surface area contributed by atoms with Crippen LogP contribution in [-0.2, 0) is 61.1 Å². The van der Waals surface area contributed by atoms with Crippen LogP contribution in [0.3, 0.4) is 0 Å². The fraction of sp³-hybridized carbons (Fsp3) is 0.239. The van der Waals surface area contributed by atoms with Crippen LogP contribution in [0.15, 0.2) is 150 Å². The minimum absolute atomic E-state index is 0. The molecule has 0 saturated heterocycles. The molecule has 0 aliphatic rings. The molecule has 0 fully saturated rings. The van der Waals surface area contributed by atoms with E-state index in [0.717, 1.165) is 62.4 Å². The Kier molecular flexibility index (Phi) is 31.8. The number of anilines is 1. The number of aromatic nitrogens is 24. The number of ketones is 3. The zero-order valence-corrected chi connectivity index (χ0v) is 74.3. The third kappa shape index (κ3) is 23.8. The predicted molar refractivity (Wildman–Crippen MR) is 450 cm³/mol. The summed E-state index contributed by atoms with van der Waals surface area (Å²) in [4.78, 5) is 103. The van der Waals surface area contributed by atoms with Crippen LogP contribution in [0.5, 0.6) is 0 Å². The number of hydrogen-bond donors (Lipinski definition) is 4. The van der Waals surface area contributed by atoms with Gasteiger partial charge in [-0.1, -0.05) is 13.8 Å². The average Bonchev–Trinajstić information content (AvgIpc) is 1.65. The Hall–Kier alpha value is -10.7. The van der Waals surface area contributed by atoms with E-state index in [1.807, 2.05) is 57.5 Å². The van der Waals surface area contributed by atoms with Crippen LogP contribution in [0.2, 0.25) is 0 Å². The summed E-state index contributed by atoms with van der Waals surface area (Å²) < 4.78 is 50.3. The number of pyridine rings is 5. The van der Waals surface area contributed by atoms with Gasteiger partial charge < -0.3 is 30.5 Å². The first-order valence-corrected chi connectivity index (χ1v) is 40.7. The van der Waals surface area contributed by atoms with E-state index in [9.17, 15) is 37.5 Å². The van der Waals surface area contributed by atoms with Crippen LogP contribution in [-0.4, -0.2) is 194 Å². The second-order valence-electron chi connectivity index (χ2n) is 25.1. The molecule has 16 aromatic rings. The molecule has 0 saturated carbocycles. The number of carboxylic acid groups (broad SMARTS) is 1. The molecule has 16 rings (SSSR count). The number of halogens is 8. The molecule has 5 N–H and O–H groups in total. The van der Waals surface area contributed by atoms with Gasteiger partial charge in [0.15, 0.2) is 34.0 Å². The number of carbonyl (C=O) groups is 6. The number of aliphatic hydroxyl groups is 2. The number of methoxy groups -OCH3 is 1. The fourth-order valence-electron chi connectivity index (χ4n) is 10.4. The van der Waals surface area contributed by atoms with Gasteiger partial charge >= 0.3 is 17.9 Å². The number of aryl methyl sites for hydroxylation is 5. The molecule has 0 radical (unpaired) electrons.